The molecular formula is C12H24N3O3+. The molecule has 0 aromatic carbocycles. The number of hydrogen-bond acceptors (Lipinski definition) is 3. The molecule has 0 aliphatic carbocycles. The Kier molecular flexibility index (Phi) is 6.67. The van der Waals surface area contributed by atoms with Crippen LogP contribution in [0.1, 0.15) is 19.8 Å². The highest BCUT2D eigenvalue weighted by molar-refractivity contribution is 5.76. The summed E-state index contributed by atoms with van der Waals surface area (Å²) in [4.78, 5) is 23.8. The number of amides is 2. The van der Waals surface area contributed by atoms with Crippen molar-refractivity contribution in [2.45, 2.75) is 25.8 Å². The van der Waals surface area contributed by atoms with E-state index in [0.717, 1.165) is 25.9 Å². The molecule has 1 aliphatic rings. The molecule has 3 N–H and O–H groups in total. The van der Waals surface area contributed by atoms with Crippen molar-refractivity contribution in [3.8, 4) is 0 Å². The molecule has 0 atom stereocenters. The molecule has 0 saturated carbocycles. The highest BCUT2D eigenvalue weighted by atomic mass is 16.5. The standard InChI is InChI=1S/C12H23N3O3/c1-10(16)14-11-3-6-15(7-4-11)9-12(17)13-5-8-18-2/h11H,3-9H2,1-2H3,(H,13,17)(H,14,16)/p+1. The Labute approximate surface area is 108 Å². The smallest absolute Gasteiger partial charge is 0.275 e. The number of piperidine rings is 1. The van der Waals surface area contributed by atoms with Crippen LogP contribution in [0, 0.1) is 0 Å². The molecular weight excluding hydrogens is 234 g/mol. The van der Waals surface area contributed by atoms with Crippen LogP contribution in [0.25, 0.3) is 0 Å². The Morgan fingerprint density at radius 2 is 2.00 bits per heavy atom. The molecule has 0 unspecified atom stereocenters. The van der Waals surface area contributed by atoms with Crippen molar-refractivity contribution in [3.63, 3.8) is 0 Å². The lowest BCUT2D eigenvalue weighted by Gasteiger charge is -2.29. The first kappa shape index (κ1) is 14.9. The van der Waals surface area contributed by atoms with Gasteiger partial charge in [0.25, 0.3) is 5.91 Å². The summed E-state index contributed by atoms with van der Waals surface area (Å²) in [6.07, 6.45) is 1.89. The average molecular weight is 258 g/mol. The monoisotopic (exact) mass is 258 g/mol. The van der Waals surface area contributed by atoms with E-state index < -0.39 is 0 Å². The van der Waals surface area contributed by atoms with Gasteiger partial charge in [-0.2, -0.15) is 0 Å². The van der Waals surface area contributed by atoms with Gasteiger partial charge in [-0.25, -0.2) is 0 Å². The van der Waals surface area contributed by atoms with Gasteiger partial charge in [0.1, 0.15) is 0 Å². The minimum absolute atomic E-state index is 0.0285. The second-order valence-electron chi connectivity index (χ2n) is 4.74. The van der Waals surface area contributed by atoms with E-state index in [4.69, 9.17) is 4.74 Å². The first-order chi connectivity index (χ1) is 8.61. The number of nitrogens with one attached hydrogen (secondary N) is 3. The van der Waals surface area contributed by atoms with Crippen molar-refractivity contribution in [2.75, 3.05) is 39.9 Å². The van der Waals surface area contributed by atoms with E-state index >= 15 is 0 Å². The van der Waals surface area contributed by atoms with Crippen LogP contribution in [-0.4, -0.2) is 57.8 Å². The minimum Gasteiger partial charge on any atom is -0.383 e. The van der Waals surface area contributed by atoms with Gasteiger partial charge in [-0.3, -0.25) is 9.59 Å². The van der Waals surface area contributed by atoms with Crippen molar-refractivity contribution in [2.24, 2.45) is 0 Å². The van der Waals surface area contributed by atoms with Gasteiger partial charge in [0.2, 0.25) is 5.91 Å². The maximum atomic E-state index is 11.6. The zero-order valence-corrected chi connectivity index (χ0v) is 11.3. The molecule has 18 heavy (non-hydrogen) atoms. The Hall–Kier alpha value is -1.14. The number of carbonyl (C=O) groups excluding carboxylic acids is 2. The van der Waals surface area contributed by atoms with Crippen LogP contribution >= 0.6 is 0 Å². The van der Waals surface area contributed by atoms with E-state index in [0.29, 0.717) is 19.7 Å². The molecule has 104 valence electrons. The van der Waals surface area contributed by atoms with Crippen molar-refractivity contribution >= 4 is 11.8 Å². The van der Waals surface area contributed by atoms with Gasteiger partial charge in [0.15, 0.2) is 6.54 Å². The van der Waals surface area contributed by atoms with Crippen molar-refractivity contribution in [1.82, 2.24) is 10.6 Å². The molecule has 1 saturated heterocycles. The van der Waals surface area contributed by atoms with Gasteiger partial charge in [-0.1, -0.05) is 0 Å². The van der Waals surface area contributed by atoms with Crippen LogP contribution < -0.4 is 15.5 Å². The van der Waals surface area contributed by atoms with E-state index in [1.807, 2.05) is 0 Å². The molecule has 0 aromatic heterocycles. The fraction of sp³-hybridized carbons (Fsp3) is 0.833. The molecule has 0 bridgehead atoms. The molecule has 2 amide bonds. The Morgan fingerprint density at radius 3 is 2.56 bits per heavy atom. The largest absolute Gasteiger partial charge is 0.383 e. The third-order valence-corrected chi connectivity index (χ3v) is 3.14. The fourth-order valence-electron chi connectivity index (χ4n) is 2.22. The van der Waals surface area contributed by atoms with Gasteiger partial charge >= 0.3 is 0 Å². The zero-order valence-electron chi connectivity index (χ0n) is 11.3. The average Bonchev–Trinajstić information content (AvgIpc) is 2.31. The van der Waals surface area contributed by atoms with Crippen molar-refractivity contribution in [3.05, 3.63) is 0 Å². The number of ether oxygens (including phenoxy) is 1. The topological polar surface area (TPSA) is 71.9 Å². The number of rotatable bonds is 6. The molecule has 0 radical (unpaired) electrons. The summed E-state index contributed by atoms with van der Waals surface area (Å²) in [7, 11) is 1.62. The fourth-order valence-corrected chi connectivity index (χ4v) is 2.22. The number of methoxy groups -OCH3 is 1. The summed E-state index contributed by atoms with van der Waals surface area (Å²) in [5.41, 5.74) is 0. The van der Waals surface area contributed by atoms with E-state index in [2.05, 4.69) is 10.6 Å². The summed E-state index contributed by atoms with van der Waals surface area (Å²) < 4.78 is 4.87. The highest BCUT2D eigenvalue weighted by Crippen LogP contribution is 1.98. The molecule has 6 nitrogen and oxygen atoms in total. The van der Waals surface area contributed by atoms with Crippen LogP contribution in [0.2, 0.25) is 0 Å². The second kappa shape index (κ2) is 8.05. The third kappa shape index (κ3) is 5.97. The second-order valence-corrected chi connectivity index (χ2v) is 4.74. The van der Waals surface area contributed by atoms with Gasteiger partial charge < -0.3 is 20.3 Å². The Bertz CT molecular complexity index is 276. The first-order valence-corrected chi connectivity index (χ1v) is 6.48. The maximum absolute atomic E-state index is 11.6. The quantitative estimate of drug-likeness (QED) is 0.479. The van der Waals surface area contributed by atoms with E-state index in [-0.39, 0.29) is 17.9 Å². The lowest BCUT2D eigenvalue weighted by molar-refractivity contribution is -0.897. The molecule has 1 heterocycles. The van der Waals surface area contributed by atoms with Crippen molar-refractivity contribution in [1.29, 1.82) is 0 Å². The molecule has 6 heteroatoms. The van der Waals surface area contributed by atoms with E-state index in [9.17, 15) is 9.59 Å². The van der Waals surface area contributed by atoms with Crippen LogP contribution in [0.5, 0.6) is 0 Å². The van der Waals surface area contributed by atoms with Crippen LogP contribution in [0.4, 0.5) is 0 Å². The van der Waals surface area contributed by atoms with Crippen LogP contribution in [0.3, 0.4) is 0 Å². The lowest BCUT2D eigenvalue weighted by Crippen LogP contribution is -3.14. The SMILES string of the molecule is COCCNC(=O)C[NH+]1CCC(NC(C)=O)CC1. The Balaban J connectivity index is 2.14. The summed E-state index contributed by atoms with van der Waals surface area (Å²) in [5.74, 6) is 0.0979. The van der Waals surface area contributed by atoms with Crippen LogP contribution in [-0.2, 0) is 14.3 Å². The zero-order chi connectivity index (χ0) is 13.4. The molecule has 1 fully saturated rings. The van der Waals surface area contributed by atoms with Crippen molar-refractivity contribution < 1.29 is 19.2 Å². The summed E-state index contributed by atoms with van der Waals surface area (Å²) in [6, 6.07) is 0.280. The number of likely N-dealkylation sites (tertiary alicyclic amines) is 1. The third-order valence-electron chi connectivity index (χ3n) is 3.14. The first-order valence-electron chi connectivity index (χ1n) is 6.48. The lowest BCUT2D eigenvalue weighted by atomic mass is 10.1. The molecule has 0 aromatic rings. The van der Waals surface area contributed by atoms with E-state index in [1.54, 1.807) is 14.0 Å². The van der Waals surface area contributed by atoms with Gasteiger partial charge in [0, 0.05) is 39.5 Å². The summed E-state index contributed by atoms with van der Waals surface area (Å²) in [6.45, 7) is 5.03. The summed E-state index contributed by atoms with van der Waals surface area (Å²) in [5, 5.41) is 5.75. The summed E-state index contributed by atoms with van der Waals surface area (Å²) >= 11 is 0. The van der Waals surface area contributed by atoms with Gasteiger partial charge in [-0.15, -0.1) is 0 Å². The van der Waals surface area contributed by atoms with Gasteiger partial charge in [-0.05, 0) is 0 Å². The predicted molar refractivity (Wildman–Crippen MR) is 67.3 cm³/mol. The molecule has 1 aliphatic heterocycles. The number of hydrogen-bond donors (Lipinski definition) is 3. The maximum Gasteiger partial charge on any atom is 0.275 e. The normalized spacial score (nSPS) is 23.4. The molecule has 1 rings (SSSR count). The van der Waals surface area contributed by atoms with Gasteiger partial charge in [0.05, 0.1) is 19.7 Å². The Morgan fingerprint density at radius 1 is 1.33 bits per heavy atom. The van der Waals surface area contributed by atoms with E-state index in [1.165, 1.54) is 4.90 Å². The predicted octanol–water partition coefficient (Wildman–Crippen LogP) is -2.07. The highest BCUT2D eigenvalue weighted by Gasteiger charge is 2.23. The molecule has 0 spiro atoms. The number of quaternary nitrogens is 1. The number of carbonyl (C=O) groups is 2. The minimum atomic E-state index is 0.0285. The van der Waals surface area contributed by atoms with Crippen LogP contribution in [0.15, 0.2) is 0 Å².